The van der Waals surface area contributed by atoms with Crippen LogP contribution in [0.4, 0.5) is 0 Å². The summed E-state index contributed by atoms with van der Waals surface area (Å²) in [6.07, 6.45) is 5.80. The topological polar surface area (TPSA) is 126 Å². The quantitative estimate of drug-likeness (QED) is 0.280. The first kappa shape index (κ1) is 29.7. The maximum Gasteiger partial charge on any atom is 0.305 e. The fourth-order valence-electron chi connectivity index (χ4n) is 10.3. The Balaban J connectivity index is 1.22. The number of hydrogen-bond acceptors (Lipinski definition) is 8. The number of hydrogen-bond donors (Lipinski definition) is 4. The zero-order chi connectivity index (χ0) is 28.1. The summed E-state index contributed by atoms with van der Waals surface area (Å²) in [7, 11) is 1.48. The molecule has 5 fully saturated rings. The van der Waals surface area contributed by atoms with E-state index in [0.29, 0.717) is 29.6 Å². The molecule has 4 aliphatic carbocycles. The number of rotatable bonds is 7. The summed E-state index contributed by atoms with van der Waals surface area (Å²) in [6, 6.07) is 0. The number of esters is 1. The predicted octanol–water partition coefficient (Wildman–Crippen LogP) is 3.42. The molecule has 14 atom stereocenters. The Labute approximate surface area is 233 Å². The van der Waals surface area contributed by atoms with Gasteiger partial charge in [0.1, 0.15) is 24.4 Å². The van der Waals surface area contributed by atoms with Crippen LogP contribution in [0.1, 0.15) is 91.4 Å². The molecule has 8 nitrogen and oxygen atoms in total. The van der Waals surface area contributed by atoms with Crippen molar-refractivity contribution in [2.24, 2.45) is 46.3 Å². The van der Waals surface area contributed by atoms with Crippen LogP contribution in [0.25, 0.3) is 0 Å². The van der Waals surface area contributed by atoms with Crippen LogP contribution in [-0.4, -0.2) is 76.9 Å². The van der Waals surface area contributed by atoms with Crippen LogP contribution in [0.3, 0.4) is 0 Å². The Morgan fingerprint density at radius 2 is 1.67 bits per heavy atom. The molecule has 0 aromatic carbocycles. The Morgan fingerprint density at radius 1 is 0.949 bits per heavy atom. The third kappa shape index (κ3) is 5.20. The van der Waals surface area contributed by atoms with E-state index in [1.54, 1.807) is 0 Å². The minimum absolute atomic E-state index is 0.0681. The van der Waals surface area contributed by atoms with Gasteiger partial charge in [-0.1, -0.05) is 20.8 Å². The summed E-state index contributed by atoms with van der Waals surface area (Å²) >= 11 is 0. The van der Waals surface area contributed by atoms with Gasteiger partial charge in [-0.3, -0.25) is 4.79 Å². The number of carbonyl (C=O) groups is 1. The molecule has 39 heavy (non-hydrogen) atoms. The second-order valence-electron chi connectivity index (χ2n) is 14.2. The minimum Gasteiger partial charge on any atom is -0.469 e. The number of ether oxygens (including phenoxy) is 3. The molecule has 0 spiro atoms. The molecular weight excluding hydrogens is 500 g/mol. The van der Waals surface area contributed by atoms with Crippen molar-refractivity contribution in [1.82, 2.24) is 0 Å². The van der Waals surface area contributed by atoms with E-state index in [1.807, 2.05) is 0 Å². The molecule has 0 bridgehead atoms. The summed E-state index contributed by atoms with van der Waals surface area (Å²) < 4.78 is 16.8. The van der Waals surface area contributed by atoms with Crippen LogP contribution in [0, 0.1) is 46.3 Å². The fraction of sp³-hybridized carbons (Fsp3) is 0.968. The van der Waals surface area contributed by atoms with Crippen LogP contribution in [0.15, 0.2) is 0 Å². The average Bonchev–Trinajstić information content (AvgIpc) is 3.29. The molecule has 5 rings (SSSR count). The molecule has 4 saturated carbocycles. The largest absolute Gasteiger partial charge is 0.469 e. The Kier molecular flexibility index (Phi) is 8.75. The van der Waals surface area contributed by atoms with Gasteiger partial charge in [-0.05, 0) is 111 Å². The molecular formula is C31H52O8. The van der Waals surface area contributed by atoms with Crippen molar-refractivity contribution in [1.29, 1.82) is 0 Å². The SMILES string of the molecule is COC(=O)CC[C@@H](C)[C@H]1CC[C@H]2[C@@H]3CC[C@@H]4C[C@H](O[C@@H]5O[C@H](CO)[C@@H](O)[C@H](O)[C@H]5O)CC[C@]4(C)[C@H]3CC[C@]12C. The van der Waals surface area contributed by atoms with Gasteiger partial charge in [0.15, 0.2) is 6.29 Å². The van der Waals surface area contributed by atoms with Crippen molar-refractivity contribution >= 4 is 5.97 Å². The van der Waals surface area contributed by atoms with E-state index < -0.39 is 37.3 Å². The smallest absolute Gasteiger partial charge is 0.305 e. The molecule has 0 aromatic heterocycles. The van der Waals surface area contributed by atoms with Crippen molar-refractivity contribution in [3.8, 4) is 0 Å². The minimum atomic E-state index is -1.40. The van der Waals surface area contributed by atoms with Gasteiger partial charge >= 0.3 is 5.97 Å². The fourth-order valence-corrected chi connectivity index (χ4v) is 10.3. The third-order valence-corrected chi connectivity index (χ3v) is 12.6. The molecule has 8 heteroatoms. The molecule has 0 unspecified atom stereocenters. The van der Waals surface area contributed by atoms with Gasteiger partial charge in [0, 0.05) is 6.42 Å². The standard InChI is InChI=1S/C31H52O8/c1-17(5-10-25(33)37-4)21-8-9-22-20-7-6-18-15-19(11-13-30(18,2)23(20)12-14-31(21,22)3)38-29-28(36)27(35)26(34)24(16-32)39-29/h17-24,26-29,32,34-36H,5-16H2,1-4H3/t17-,18-,19-,20+,21-,22+,23+,24-,26-,27+,28-,29-,30+,31-/m1/s1. The van der Waals surface area contributed by atoms with Crippen molar-refractivity contribution in [3.63, 3.8) is 0 Å². The molecule has 1 heterocycles. The van der Waals surface area contributed by atoms with Crippen LogP contribution in [0.2, 0.25) is 0 Å². The van der Waals surface area contributed by atoms with Gasteiger partial charge in [-0.2, -0.15) is 0 Å². The molecule has 4 N–H and O–H groups in total. The summed E-state index contributed by atoms with van der Waals surface area (Å²) in [4.78, 5) is 11.8. The molecule has 224 valence electrons. The normalized spacial score (nSPS) is 50.4. The molecule has 1 saturated heterocycles. The maximum atomic E-state index is 11.8. The lowest BCUT2D eigenvalue weighted by Crippen LogP contribution is -2.60. The number of aliphatic hydroxyl groups excluding tert-OH is 4. The lowest BCUT2D eigenvalue weighted by Gasteiger charge is -2.61. The van der Waals surface area contributed by atoms with Gasteiger partial charge in [0.25, 0.3) is 0 Å². The lowest BCUT2D eigenvalue weighted by atomic mass is 9.44. The van der Waals surface area contributed by atoms with Crippen LogP contribution in [0.5, 0.6) is 0 Å². The highest BCUT2D eigenvalue weighted by Crippen LogP contribution is 2.68. The van der Waals surface area contributed by atoms with E-state index in [0.717, 1.165) is 43.4 Å². The van der Waals surface area contributed by atoms with Gasteiger partial charge in [0.2, 0.25) is 0 Å². The molecule has 5 aliphatic rings. The lowest BCUT2D eigenvalue weighted by molar-refractivity contribution is -0.316. The van der Waals surface area contributed by atoms with E-state index >= 15 is 0 Å². The second kappa shape index (κ2) is 11.5. The number of fused-ring (bicyclic) bond motifs is 5. The van der Waals surface area contributed by atoms with E-state index in [2.05, 4.69) is 20.8 Å². The van der Waals surface area contributed by atoms with Crippen LogP contribution < -0.4 is 0 Å². The van der Waals surface area contributed by atoms with Gasteiger partial charge in [-0.25, -0.2) is 0 Å². The van der Waals surface area contributed by atoms with Crippen LogP contribution >= 0.6 is 0 Å². The second-order valence-corrected chi connectivity index (χ2v) is 14.2. The van der Waals surface area contributed by atoms with Crippen molar-refractivity contribution < 1.29 is 39.4 Å². The van der Waals surface area contributed by atoms with E-state index in [1.165, 1.54) is 45.6 Å². The zero-order valence-electron chi connectivity index (χ0n) is 24.3. The third-order valence-electron chi connectivity index (χ3n) is 12.6. The van der Waals surface area contributed by atoms with Gasteiger partial charge < -0.3 is 34.6 Å². The summed E-state index contributed by atoms with van der Waals surface area (Å²) in [5, 5.41) is 40.3. The maximum absolute atomic E-state index is 11.8. The molecule has 0 aromatic rings. The number of methoxy groups -OCH3 is 1. The predicted molar refractivity (Wildman–Crippen MR) is 144 cm³/mol. The van der Waals surface area contributed by atoms with Gasteiger partial charge in [-0.15, -0.1) is 0 Å². The van der Waals surface area contributed by atoms with Gasteiger partial charge in [0.05, 0.1) is 19.8 Å². The molecule has 1 aliphatic heterocycles. The Morgan fingerprint density at radius 3 is 2.38 bits per heavy atom. The summed E-state index contributed by atoms with van der Waals surface area (Å²) in [5.74, 6) is 3.95. The highest BCUT2D eigenvalue weighted by molar-refractivity contribution is 5.69. The van der Waals surface area contributed by atoms with E-state index in [4.69, 9.17) is 14.2 Å². The Bertz CT molecular complexity index is 866. The summed E-state index contributed by atoms with van der Waals surface area (Å²) in [5.41, 5.74) is 0.650. The van der Waals surface area contributed by atoms with E-state index in [-0.39, 0.29) is 17.5 Å². The van der Waals surface area contributed by atoms with Crippen molar-refractivity contribution in [3.05, 3.63) is 0 Å². The van der Waals surface area contributed by atoms with E-state index in [9.17, 15) is 25.2 Å². The summed E-state index contributed by atoms with van der Waals surface area (Å²) in [6.45, 7) is 6.99. The first-order valence-electron chi connectivity index (χ1n) is 15.6. The number of carbonyl (C=O) groups excluding carboxylic acids is 1. The average molecular weight is 553 g/mol. The highest BCUT2D eigenvalue weighted by atomic mass is 16.7. The monoisotopic (exact) mass is 552 g/mol. The number of aliphatic hydroxyl groups is 4. The first-order chi connectivity index (χ1) is 18.5. The van der Waals surface area contributed by atoms with Crippen molar-refractivity contribution in [2.45, 2.75) is 128 Å². The Hall–Kier alpha value is -0.770. The molecule has 0 amide bonds. The highest BCUT2D eigenvalue weighted by Gasteiger charge is 2.61. The molecule has 0 radical (unpaired) electrons. The van der Waals surface area contributed by atoms with Crippen molar-refractivity contribution in [2.75, 3.05) is 13.7 Å². The van der Waals surface area contributed by atoms with Crippen LogP contribution in [-0.2, 0) is 19.0 Å². The zero-order valence-corrected chi connectivity index (χ0v) is 24.3. The first-order valence-corrected chi connectivity index (χ1v) is 15.6.